The number of likely N-dealkylation sites (tertiary alicyclic amines) is 1. The molecule has 142 valence electrons. The van der Waals surface area contributed by atoms with E-state index in [1.54, 1.807) is 28.6 Å². The topological polar surface area (TPSA) is 62.7 Å². The van der Waals surface area contributed by atoms with Gasteiger partial charge >= 0.3 is 0 Å². The molecule has 1 aromatic heterocycles. The van der Waals surface area contributed by atoms with Gasteiger partial charge in [0, 0.05) is 30.4 Å². The quantitative estimate of drug-likeness (QED) is 0.792. The monoisotopic (exact) mass is 389 g/mol. The van der Waals surface area contributed by atoms with E-state index in [1.807, 2.05) is 4.90 Å². The lowest BCUT2D eigenvalue weighted by Gasteiger charge is -2.42. The van der Waals surface area contributed by atoms with Crippen LogP contribution < -0.4 is 4.90 Å². The zero-order chi connectivity index (χ0) is 18.9. The van der Waals surface area contributed by atoms with Crippen LogP contribution in [0.5, 0.6) is 0 Å². The first-order chi connectivity index (χ1) is 13.1. The summed E-state index contributed by atoms with van der Waals surface area (Å²) in [6, 6.07) is 5.93. The summed E-state index contributed by atoms with van der Waals surface area (Å²) in [6.07, 6.45) is 3.84. The van der Waals surface area contributed by atoms with E-state index >= 15 is 0 Å². The number of benzene rings is 1. The van der Waals surface area contributed by atoms with Crippen molar-refractivity contribution in [2.75, 3.05) is 31.1 Å². The van der Waals surface area contributed by atoms with E-state index < -0.39 is 5.60 Å². The molecule has 1 atom stereocenters. The molecule has 1 aromatic carbocycles. The highest BCUT2D eigenvalue weighted by atomic mass is 32.1. The number of carbonyl (C=O) groups is 2. The Hall–Kier alpha value is -2.32. The van der Waals surface area contributed by atoms with Gasteiger partial charge in [0.2, 0.25) is 0 Å². The average Bonchev–Trinajstić information content (AvgIpc) is 3.14. The Morgan fingerprint density at radius 1 is 1.22 bits per heavy atom. The van der Waals surface area contributed by atoms with Crippen LogP contribution in [0.3, 0.4) is 0 Å². The van der Waals surface area contributed by atoms with Gasteiger partial charge < -0.3 is 14.5 Å². The SMILES string of the molecule is O=C(c1nccs1)N1CCCC2(CC1)CN(c1ccc(F)cc1)C(=O)CO2. The van der Waals surface area contributed by atoms with Crippen molar-refractivity contribution < 1.29 is 18.7 Å². The highest BCUT2D eigenvalue weighted by Crippen LogP contribution is 2.33. The second-order valence-corrected chi connectivity index (χ2v) is 7.81. The number of rotatable bonds is 2. The highest BCUT2D eigenvalue weighted by molar-refractivity contribution is 7.11. The average molecular weight is 389 g/mol. The summed E-state index contributed by atoms with van der Waals surface area (Å²) in [5.41, 5.74) is 0.184. The van der Waals surface area contributed by atoms with E-state index in [-0.39, 0.29) is 24.2 Å². The van der Waals surface area contributed by atoms with Crippen molar-refractivity contribution in [3.8, 4) is 0 Å². The third-order valence-electron chi connectivity index (χ3n) is 5.19. The van der Waals surface area contributed by atoms with E-state index in [0.717, 1.165) is 12.8 Å². The van der Waals surface area contributed by atoms with Crippen molar-refractivity contribution in [3.05, 3.63) is 46.7 Å². The van der Waals surface area contributed by atoms with Gasteiger partial charge in [0.05, 0.1) is 12.1 Å². The molecule has 2 aromatic rings. The lowest BCUT2D eigenvalue weighted by atomic mass is 9.92. The fraction of sp³-hybridized carbons (Fsp3) is 0.421. The van der Waals surface area contributed by atoms with Gasteiger partial charge in [0.15, 0.2) is 5.01 Å². The van der Waals surface area contributed by atoms with E-state index in [2.05, 4.69) is 4.98 Å². The van der Waals surface area contributed by atoms with Crippen LogP contribution in [0, 0.1) is 5.82 Å². The highest BCUT2D eigenvalue weighted by Gasteiger charge is 2.42. The van der Waals surface area contributed by atoms with Gasteiger partial charge in [-0.05, 0) is 43.5 Å². The Balaban J connectivity index is 1.49. The van der Waals surface area contributed by atoms with Crippen LogP contribution in [0.4, 0.5) is 10.1 Å². The van der Waals surface area contributed by atoms with Crippen molar-refractivity contribution in [1.82, 2.24) is 9.88 Å². The van der Waals surface area contributed by atoms with E-state index in [1.165, 1.54) is 23.5 Å². The standard InChI is InChI=1S/C19H20FN3O3S/c20-14-2-4-15(5-3-14)23-13-19(26-12-16(23)24)6-1-9-22(10-7-19)18(25)17-21-8-11-27-17/h2-5,8,11H,1,6-7,9-10,12-13H2. The normalized spacial score (nSPS) is 23.5. The van der Waals surface area contributed by atoms with Gasteiger partial charge in [-0.1, -0.05) is 0 Å². The molecule has 2 amide bonds. The zero-order valence-electron chi connectivity index (χ0n) is 14.8. The van der Waals surface area contributed by atoms with Crippen molar-refractivity contribution in [2.24, 2.45) is 0 Å². The number of thiazole rings is 1. The molecule has 0 aliphatic carbocycles. The van der Waals surface area contributed by atoms with Crippen LogP contribution in [0.2, 0.25) is 0 Å². The first kappa shape index (κ1) is 18.1. The van der Waals surface area contributed by atoms with Crippen LogP contribution in [0.15, 0.2) is 35.8 Å². The predicted octanol–water partition coefficient (Wildman–Crippen LogP) is 2.71. The van der Waals surface area contributed by atoms with Gasteiger partial charge in [-0.15, -0.1) is 11.3 Å². The Morgan fingerprint density at radius 3 is 2.78 bits per heavy atom. The van der Waals surface area contributed by atoms with E-state index in [4.69, 9.17) is 4.74 Å². The fourth-order valence-electron chi connectivity index (χ4n) is 3.71. The molecule has 2 aliphatic heterocycles. The Labute approximate surface area is 160 Å². The molecule has 0 radical (unpaired) electrons. The summed E-state index contributed by atoms with van der Waals surface area (Å²) < 4.78 is 19.2. The molecule has 0 saturated carbocycles. The number of amides is 2. The number of morpholine rings is 1. The minimum Gasteiger partial charge on any atom is -0.363 e. The number of carbonyl (C=O) groups excluding carboxylic acids is 2. The maximum absolute atomic E-state index is 13.2. The first-order valence-electron chi connectivity index (χ1n) is 8.95. The predicted molar refractivity (Wildman–Crippen MR) is 99.3 cm³/mol. The molecule has 0 bridgehead atoms. The summed E-state index contributed by atoms with van der Waals surface area (Å²) in [6.45, 7) is 1.62. The Bertz CT molecular complexity index is 827. The van der Waals surface area contributed by atoms with Crippen molar-refractivity contribution in [2.45, 2.75) is 24.9 Å². The minimum atomic E-state index is -0.486. The van der Waals surface area contributed by atoms with Gasteiger partial charge in [-0.25, -0.2) is 9.37 Å². The minimum absolute atomic E-state index is 0.00218. The zero-order valence-corrected chi connectivity index (χ0v) is 15.6. The molecule has 4 rings (SSSR count). The van der Waals surface area contributed by atoms with E-state index in [9.17, 15) is 14.0 Å². The number of aromatic nitrogens is 1. The molecule has 3 heterocycles. The Kier molecular flexibility index (Phi) is 4.92. The molecule has 6 nitrogen and oxygen atoms in total. The second-order valence-electron chi connectivity index (χ2n) is 6.91. The number of halogens is 1. The molecule has 2 saturated heterocycles. The van der Waals surface area contributed by atoms with Crippen molar-refractivity contribution >= 4 is 28.8 Å². The maximum atomic E-state index is 13.2. The lowest BCUT2D eigenvalue weighted by Crippen LogP contribution is -2.55. The van der Waals surface area contributed by atoms with E-state index in [0.29, 0.717) is 36.8 Å². The summed E-state index contributed by atoms with van der Waals surface area (Å²) in [4.78, 5) is 32.5. The van der Waals surface area contributed by atoms with Crippen LogP contribution in [0.1, 0.15) is 29.1 Å². The van der Waals surface area contributed by atoms with Crippen molar-refractivity contribution in [1.29, 1.82) is 0 Å². The third-order valence-corrected chi connectivity index (χ3v) is 5.95. The third kappa shape index (κ3) is 3.72. The molecule has 0 N–H and O–H groups in total. The summed E-state index contributed by atoms with van der Waals surface area (Å²) >= 11 is 1.34. The summed E-state index contributed by atoms with van der Waals surface area (Å²) in [5.74, 6) is -0.517. The fourth-order valence-corrected chi connectivity index (χ4v) is 4.31. The lowest BCUT2D eigenvalue weighted by molar-refractivity contribution is -0.140. The molecular weight excluding hydrogens is 369 g/mol. The van der Waals surface area contributed by atoms with Gasteiger partial charge in [-0.3, -0.25) is 9.59 Å². The molecule has 2 fully saturated rings. The first-order valence-corrected chi connectivity index (χ1v) is 9.83. The van der Waals surface area contributed by atoms with Crippen LogP contribution in [0.25, 0.3) is 0 Å². The molecule has 27 heavy (non-hydrogen) atoms. The number of nitrogens with zero attached hydrogens (tertiary/aromatic N) is 3. The van der Waals surface area contributed by atoms with Crippen molar-refractivity contribution in [3.63, 3.8) is 0 Å². The molecule has 8 heteroatoms. The van der Waals surface area contributed by atoms with Gasteiger partial charge in [-0.2, -0.15) is 0 Å². The summed E-state index contributed by atoms with van der Waals surface area (Å²) in [5, 5.41) is 2.29. The molecule has 1 spiro atoms. The van der Waals surface area contributed by atoms with Crippen LogP contribution >= 0.6 is 11.3 Å². The number of hydrogen-bond donors (Lipinski definition) is 0. The smallest absolute Gasteiger partial charge is 0.282 e. The van der Waals surface area contributed by atoms with Gasteiger partial charge in [0.25, 0.3) is 11.8 Å². The number of ether oxygens (including phenoxy) is 1. The number of hydrogen-bond acceptors (Lipinski definition) is 5. The maximum Gasteiger partial charge on any atom is 0.282 e. The van der Waals surface area contributed by atoms with Crippen LogP contribution in [-0.4, -0.2) is 53.5 Å². The molecule has 2 aliphatic rings. The van der Waals surface area contributed by atoms with Crippen LogP contribution in [-0.2, 0) is 9.53 Å². The molecule has 1 unspecified atom stereocenters. The Morgan fingerprint density at radius 2 is 2.04 bits per heavy atom. The summed E-state index contributed by atoms with van der Waals surface area (Å²) in [7, 11) is 0. The molecular formula is C19H20FN3O3S. The second kappa shape index (κ2) is 7.36. The number of anilines is 1. The largest absolute Gasteiger partial charge is 0.363 e. The van der Waals surface area contributed by atoms with Gasteiger partial charge in [0.1, 0.15) is 12.4 Å².